The summed E-state index contributed by atoms with van der Waals surface area (Å²) in [4.78, 5) is 23.2. The van der Waals surface area contributed by atoms with Gasteiger partial charge in [0.05, 0.1) is 24.2 Å². The molecule has 168 valence electrons. The molecule has 0 bridgehead atoms. The van der Waals surface area contributed by atoms with E-state index < -0.39 is 50.0 Å². The Morgan fingerprint density at radius 3 is 2.42 bits per heavy atom. The van der Waals surface area contributed by atoms with E-state index in [1.807, 2.05) is 4.72 Å². The van der Waals surface area contributed by atoms with Gasteiger partial charge in [0.15, 0.2) is 0 Å². The molecule has 1 amide bonds. The van der Waals surface area contributed by atoms with Crippen LogP contribution in [-0.4, -0.2) is 33.4 Å². The zero-order valence-corrected chi connectivity index (χ0v) is 16.9. The molecule has 31 heavy (non-hydrogen) atoms. The van der Waals surface area contributed by atoms with Gasteiger partial charge < -0.3 is 10.1 Å². The monoisotopic (exact) mass is 462 g/mol. The van der Waals surface area contributed by atoms with E-state index in [-0.39, 0.29) is 25.1 Å². The summed E-state index contributed by atoms with van der Waals surface area (Å²) in [7, 11) is -4.51. The first-order chi connectivity index (χ1) is 14.5. The van der Waals surface area contributed by atoms with Crippen molar-refractivity contribution in [3.63, 3.8) is 0 Å². The van der Waals surface area contributed by atoms with Gasteiger partial charge >= 0.3 is 12.1 Å². The number of carbonyl (C=O) groups excluding carboxylic acids is 2. The highest BCUT2D eigenvalue weighted by Crippen LogP contribution is 2.33. The van der Waals surface area contributed by atoms with Crippen LogP contribution in [0, 0.1) is 5.82 Å². The van der Waals surface area contributed by atoms with Gasteiger partial charge in [0.1, 0.15) is 10.7 Å². The summed E-state index contributed by atoms with van der Waals surface area (Å²) in [5.41, 5.74) is -2.47. The molecule has 0 aromatic heterocycles. The molecule has 2 N–H and O–H groups in total. The summed E-state index contributed by atoms with van der Waals surface area (Å²) in [6.07, 6.45) is -5.16. The first kappa shape index (κ1) is 24.1. The number of halogens is 4. The first-order valence-electron chi connectivity index (χ1n) is 8.88. The molecule has 0 saturated heterocycles. The molecule has 0 radical (unpaired) electrons. The van der Waals surface area contributed by atoms with Crippen LogP contribution in [0.15, 0.2) is 47.4 Å². The number of benzene rings is 2. The van der Waals surface area contributed by atoms with E-state index in [9.17, 15) is 35.6 Å². The quantitative estimate of drug-likeness (QED) is 0.463. The maximum absolute atomic E-state index is 13.4. The SMILES string of the molecule is CCOC(=O)CCNC(=O)c1ccccc1S(=O)(=O)Nc1ccc(F)c(C(F)(F)F)c1. The Morgan fingerprint density at radius 2 is 1.77 bits per heavy atom. The Bertz CT molecular complexity index is 1070. The fraction of sp³-hybridized carbons (Fsp3) is 0.263. The molecular formula is C19H18F4N2O5S. The molecule has 0 spiro atoms. The van der Waals surface area contributed by atoms with Crippen LogP contribution in [0.2, 0.25) is 0 Å². The third-order valence-electron chi connectivity index (χ3n) is 3.87. The first-order valence-corrected chi connectivity index (χ1v) is 10.4. The van der Waals surface area contributed by atoms with Crippen LogP contribution in [0.4, 0.5) is 23.2 Å². The summed E-state index contributed by atoms with van der Waals surface area (Å²) in [6, 6.07) is 6.60. The minimum absolute atomic E-state index is 0.119. The van der Waals surface area contributed by atoms with Crippen LogP contribution in [0.5, 0.6) is 0 Å². The van der Waals surface area contributed by atoms with Crippen molar-refractivity contribution in [1.82, 2.24) is 5.32 Å². The van der Waals surface area contributed by atoms with Crippen molar-refractivity contribution in [2.45, 2.75) is 24.4 Å². The van der Waals surface area contributed by atoms with E-state index in [4.69, 9.17) is 4.74 Å². The van der Waals surface area contributed by atoms with E-state index in [2.05, 4.69) is 5.32 Å². The van der Waals surface area contributed by atoms with Crippen LogP contribution in [0.1, 0.15) is 29.3 Å². The zero-order chi connectivity index (χ0) is 23.2. The van der Waals surface area contributed by atoms with Crippen LogP contribution >= 0.6 is 0 Å². The van der Waals surface area contributed by atoms with Crippen LogP contribution in [-0.2, 0) is 25.7 Å². The van der Waals surface area contributed by atoms with Gasteiger partial charge in [0, 0.05) is 12.2 Å². The topological polar surface area (TPSA) is 102 Å². The van der Waals surface area contributed by atoms with Gasteiger partial charge in [-0.25, -0.2) is 12.8 Å². The van der Waals surface area contributed by atoms with Crippen LogP contribution < -0.4 is 10.0 Å². The lowest BCUT2D eigenvalue weighted by Gasteiger charge is -2.14. The molecule has 0 atom stereocenters. The Morgan fingerprint density at radius 1 is 1.10 bits per heavy atom. The number of esters is 1. The van der Waals surface area contributed by atoms with Gasteiger partial charge in [-0.05, 0) is 37.3 Å². The molecule has 2 rings (SSSR count). The number of sulfonamides is 1. The van der Waals surface area contributed by atoms with E-state index in [0.717, 1.165) is 12.1 Å². The fourth-order valence-electron chi connectivity index (χ4n) is 2.51. The highest BCUT2D eigenvalue weighted by molar-refractivity contribution is 7.92. The van der Waals surface area contributed by atoms with E-state index >= 15 is 0 Å². The number of nitrogens with one attached hydrogen (secondary N) is 2. The lowest BCUT2D eigenvalue weighted by molar-refractivity contribution is -0.143. The molecule has 12 heteroatoms. The van der Waals surface area contributed by atoms with E-state index in [0.29, 0.717) is 12.1 Å². The number of alkyl halides is 3. The summed E-state index contributed by atoms with van der Waals surface area (Å²) in [6.45, 7) is 1.66. The predicted molar refractivity (Wildman–Crippen MR) is 102 cm³/mol. The lowest BCUT2D eigenvalue weighted by atomic mass is 10.2. The van der Waals surface area contributed by atoms with Gasteiger partial charge in [-0.2, -0.15) is 13.2 Å². The Labute approximate surface area is 175 Å². The molecule has 0 unspecified atom stereocenters. The van der Waals surface area contributed by atoms with Crippen molar-refractivity contribution in [2.24, 2.45) is 0 Å². The van der Waals surface area contributed by atoms with Crippen molar-refractivity contribution >= 4 is 27.6 Å². The second-order valence-corrected chi connectivity index (χ2v) is 7.76. The van der Waals surface area contributed by atoms with Crippen molar-refractivity contribution in [2.75, 3.05) is 17.9 Å². The second kappa shape index (κ2) is 9.77. The highest BCUT2D eigenvalue weighted by Gasteiger charge is 2.34. The highest BCUT2D eigenvalue weighted by atomic mass is 32.2. The minimum atomic E-state index is -5.03. The van der Waals surface area contributed by atoms with Gasteiger partial charge in [-0.3, -0.25) is 14.3 Å². The smallest absolute Gasteiger partial charge is 0.419 e. The van der Waals surface area contributed by atoms with Crippen molar-refractivity contribution in [3.05, 3.63) is 59.4 Å². The summed E-state index contributed by atoms with van der Waals surface area (Å²) >= 11 is 0. The predicted octanol–water partition coefficient (Wildman–Crippen LogP) is 3.33. The molecule has 0 aliphatic rings. The average molecular weight is 462 g/mol. The zero-order valence-electron chi connectivity index (χ0n) is 16.1. The number of amides is 1. The van der Waals surface area contributed by atoms with Gasteiger partial charge in [0.25, 0.3) is 15.9 Å². The molecule has 0 heterocycles. The summed E-state index contributed by atoms with van der Waals surface area (Å²) in [5.74, 6) is -2.93. The third kappa shape index (κ3) is 6.41. The van der Waals surface area contributed by atoms with Gasteiger partial charge in [-0.1, -0.05) is 12.1 Å². The summed E-state index contributed by atoms with van der Waals surface area (Å²) in [5, 5.41) is 2.37. The lowest BCUT2D eigenvalue weighted by Crippen LogP contribution is -2.28. The van der Waals surface area contributed by atoms with Crippen molar-refractivity contribution in [3.8, 4) is 0 Å². The number of ether oxygens (including phenoxy) is 1. The number of carbonyl (C=O) groups is 2. The van der Waals surface area contributed by atoms with Crippen molar-refractivity contribution in [1.29, 1.82) is 0 Å². The van der Waals surface area contributed by atoms with E-state index in [1.54, 1.807) is 6.92 Å². The number of hydrogen-bond acceptors (Lipinski definition) is 5. The largest absolute Gasteiger partial charge is 0.466 e. The molecule has 7 nitrogen and oxygen atoms in total. The van der Waals surface area contributed by atoms with Crippen LogP contribution in [0.25, 0.3) is 0 Å². The molecule has 0 fully saturated rings. The maximum Gasteiger partial charge on any atom is 0.419 e. The Hall–Kier alpha value is -3.15. The standard InChI is InChI=1S/C19H18F4N2O5S/c1-2-30-17(26)9-10-24-18(27)13-5-3-4-6-16(13)31(28,29)25-12-7-8-15(20)14(11-12)19(21,22)23/h3-8,11,25H,2,9-10H2,1H3,(H,24,27). The molecule has 2 aromatic carbocycles. The van der Waals surface area contributed by atoms with Crippen LogP contribution in [0.3, 0.4) is 0 Å². The van der Waals surface area contributed by atoms with Gasteiger partial charge in [0.2, 0.25) is 0 Å². The second-order valence-electron chi connectivity index (χ2n) is 6.10. The normalized spacial score (nSPS) is 11.6. The maximum atomic E-state index is 13.4. The molecule has 0 saturated carbocycles. The average Bonchev–Trinajstić information content (AvgIpc) is 2.68. The van der Waals surface area contributed by atoms with Gasteiger partial charge in [-0.15, -0.1) is 0 Å². The molecule has 0 aliphatic heterocycles. The minimum Gasteiger partial charge on any atom is -0.466 e. The molecule has 2 aromatic rings. The Kier molecular flexibility index (Phi) is 7.60. The summed E-state index contributed by atoms with van der Waals surface area (Å²) < 4.78 is 84.1. The Balaban J connectivity index is 2.25. The number of anilines is 1. The van der Waals surface area contributed by atoms with Crippen molar-refractivity contribution < 1.29 is 40.3 Å². The van der Waals surface area contributed by atoms with E-state index in [1.165, 1.54) is 18.2 Å². The molecular weight excluding hydrogens is 444 g/mol. The number of rotatable bonds is 8. The third-order valence-corrected chi connectivity index (χ3v) is 5.30. The molecule has 0 aliphatic carbocycles. The number of hydrogen-bond donors (Lipinski definition) is 2. The fourth-order valence-corrected chi connectivity index (χ4v) is 3.77.